The number of benzene rings is 6. The van der Waals surface area contributed by atoms with Crippen LogP contribution in [0.2, 0.25) is 0 Å². The van der Waals surface area contributed by atoms with Gasteiger partial charge in [0.2, 0.25) is 5.95 Å². The van der Waals surface area contributed by atoms with Crippen molar-refractivity contribution in [2.24, 2.45) is 0 Å². The number of para-hydroxylation sites is 1. The predicted molar refractivity (Wildman–Crippen MR) is 237 cm³/mol. The maximum Gasteiger partial charge on any atom is 0.737 e. The second kappa shape index (κ2) is 14.0. The van der Waals surface area contributed by atoms with Crippen molar-refractivity contribution in [1.82, 2.24) is 14.8 Å². The molecular weight excluding hydrogens is 731 g/mol. The van der Waals surface area contributed by atoms with E-state index >= 15 is 8.63 Å². The molecule has 0 unspecified atom stereocenters. The third-order valence-corrected chi connectivity index (χ3v) is 11.7. The van der Waals surface area contributed by atoms with Gasteiger partial charge in [-0.3, -0.25) is 4.90 Å². The number of rotatable bonds is 6. The van der Waals surface area contributed by atoms with E-state index in [1.54, 1.807) is 24.7 Å². The molecule has 0 fully saturated rings. The summed E-state index contributed by atoms with van der Waals surface area (Å²) in [5.74, 6) is 0.531. The van der Waals surface area contributed by atoms with Gasteiger partial charge in [-0.05, 0) is 121 Å². The normalized spacial score (nSPS) is 13.9. The lowest BCUT2D eigenvalue weighted by atomic mass is 9.79. The van der Waals surface area contributed by atoms with E-state index in [1.165, 1.54) is 14.9 Å². The number of pyridine rings is 1. The van der Waals surface area contributed by atoms with Crippen LogP contribution in [-0.2, 0) is 0 Å². The molecule has 2 aliphatic rings. The summed E-state index contributed by atoms with van der Waals surface area (Å²) in [5, 5.41) is 0.779. The molecule has 0 spiro atoms. The average Bonchev–Trinajstić information content (AvgIpc) is 3.24. The number of nitrogens with zero attached hydrogens (tertiary/aromatic N) is 5. The van der Waals surface area contributed by atoms with Crippen molar-refractivity contribution in [2.45, 2.75) is 27.7 Å². The van der Waals surface area contributed by atoms with Crippen LogP contribution in [0.5, 0.6) is 0 Å². The molecule has 4 heterocycles. The van der Waals surface area contributed by atoms with Crippen LogP contribution in [0.25, 0.3) is 50.5 Å². The first-order valence-electron chi connectivity index (χ1n) is 19.9. The first-order chi connectivity index (χ1) is 28.7. The van der Waals surface area contributed by atoms with Gasteiger partial charge in [0.05, 0.1) is 0 Å². The standard InChI is InChI=1S/C51H40BF2N5/c1-33-27-35(3)50(36(4)28-33)38-21-24-48-46(29-38)45(42-16-9-8-13-34(42)2)30-41-31-49-44-18-11-10-17-43(44)47(32-57(49)52(53,54)59(41)48)37-19-22-40(23-20-37)58(39-14-6-5-7-15-39)51-55-25-12-26-56-51/h5-32H,1-4H3. The Kier molecular flexibility index (Phi) is 8.60. The molecule has 2 aliphatic heterocycles. The molecular formula is C51H40BF2N5. The maximum absolute atomic E-state index is 17.8. The van der Waals surface area contributed by atoms with E-state index in [-0.39, 0.29) is 0 Å². The molecule has 0 bridgehead atoms. The molecule has 286 valence electrons. The lowest BCUT2D eigenvalue weighted by Gasteiger charge is -2.42. The number of fused-ring (bicyclic) bond motifs is 6. The van der Waals surface area contributed by atoms with Gasteiger partial charge >= 0.3 is 6.97 Å². The second-order valence-corrected chi connectivity index (χ2v) is 15.6. The Morgan fingerprint density at radius 1 is 0.576 bits per heavy atom. The molecule has 0 atom stereocenters. The summed E-state index contributed by atoms with van der Waals surface area (Å²) in [6, 6.07) is 48.1. The fourth-order valence-electron chi connectivity index (χ4n) is 9.16. The Labute approximate surface area is 343 Å². The van der Waals surface area contributed by atoms with Crippen LogP contribution in [0.4, 0.5) is 26.0 Å². The van der Waals surface area contributed by atoms with E-state index < -0.39 is 6.97 Å². The molecule has 0 aliphatic carbocycles. The zero-order chi connectivity index (χ0) is 40.4. The fraction of sp³-hybridized carbons (Fsp3) is 0.0784. The van der Waals surface area contributed by atoms with Gasteiger partial charge in [-0.1, -0.05) is 96.6 Å². The molecule has 5 nitrogen and oxygen atoms in total. The average molecular weight is 772 g/mol. The Balaban J connectivity index is 1.14. The molecule has 0 N–H and O–H groups in total. The fourth-order valence-corrected chi connectivity index (χ4v) is 9.16. The van der Waals surface area contributed by atoms with Gasteiger partial charge in [0.15, 0.2) is 11.2 Å². The minimum absolute atomic E-state index is 0.461. The number of aryl methyl sites for hydroxylation is 4. The Morgan fingerprint density at radius 3 is 1.92 bits per heavy atom. The van der Waals surface area contributed by atoms with Gasteiger partial charge in [0, 0.05) is 69.8 Å². The van der Waals surface area contributed by atoms with Crippen molar-refractivity contribution in [1.29, 1.82) is 0 Å². The highest BCUT2D eigenvalue weighted by molar-refractivity contribution is 6.57. The molecule has 8 aromatic rings. The second-order valence-electron chi connectivity index (χ2n) is 15.6. The van der Waals surface area contributed by atoms with Crippen LogP contribution in [0.15, 0.2) is 164 Å². The summed E-state index contributed by atoms with van der Waals surface area (Å²) in [7, 11) is 0. The van der Waals surface area contributed by atoms with E-state index in [2.05, 4.69) is 68.0 Å². The van der Waals surface area contributed by atoms with Crippen LogP contribution in [0, 0.1) is 27.7 Å². The quantitative estimate of drug-likeness (QED) is 0.158. The molecule has 10 rings (SSSR count). The highest BCUT2D eigenvalue weighted by atomic mass is 19.2. The third-order valence-electron chi connectivity index (χ3n) is 11.7. The number of aromatic nitrogens is 3. The molecule has 6 aromatic carbocycles. The van der Waals surface area contributed by atoms with Crippen LogP contribution in [0.3, 0.4) is 0 Å². The number of halogens is 2. The minimum Gasteiger partial charge on any atom is -0.395 e. The van der Waals surface area contributed by atoms with Crippen molar-refractivity contribution < 1.29 is 13.1 Å². The summed E-state index contributed by atoms with van der Waals surface area (Å²) in [5.41, 5.74) is 15.0. The van der Waals surface area contributed by atoms with Gasteiger partial charge in [0.25, 0.3) is 0 Å². The van der Waals surface area contributed by atoms with Crippen molar-refractivity contribution in [2.75, 3.05) is 4.90 Å². The molecule has 0 amide bonds. The number of anilines is 3. The maximum atomic E-state index is 17.8. The van der Waals surface area contributed by atoms with Crippen molar-refractivity contribution in [3.05, 3.63) is 209 Å². The topological polar surface area (TPSA) is 36.1 Å². The van der Waals surface area contributed by atoms with Crippen LogP contribution in [-0.4, -0.2) is 21.7 Å². The summed E-state index contributed by atoms with van der Waals surface area (Å²) >= 11 is 0. The summed E-state index contributed by atoms with van der Waals surface area (Å²) in [6.07, 6.45) is 7.00. The van der Waals surface area contributed by atoms with Gasteiger partial charge < -0.3 is 17.9 Å². The summed E-state index contributed by atoms with van der Waals surface area (Å²) < 4.78 is 37.0. The first kappa shape index (κ1) is 36.2. The molecule has 0 saturated heterocycles. The van der Waals surface area contributed by atoms with E-state index in [9.17, 15) is 0 Å². The van der Waals surface area contributed by atoms with Crippen molar-refractivity contribution >= 4 is 52.5 Å². The smallest absolute Gasteiger partial charge is 0.395 e. The highest BCUT2D eigenvalue weighted by Crippen LogP contribution is 2.45. The van der Waals surface area contributed by atoms with Gasteiger partial charge in [0.1, 0.15) is 0 Å². The van der Waals surface area contributed by atoms with Gasteiger partial charge in [-0.2, -0.15) is 0 Å². The predicted octanol–water partition coefficient (Wildman–Crippen LogP) is 12.4. The Hall–Kier alpha value is -7.19. The summed E-state index contributed by atoms with van der Waals surface area (Å²) in [4.78, 5) is 12.3. The SMILES string of the molecule is Cc1cc(C)c(-c2ccc3c(c2)c(-c2ccccc2C)cc2[n+]3[B-](F)(F)N3C=C(c4ccc(N(c5ccccc5)c5ncccn5)cc4)c4ccccc4C3=C2)c(C)c1. The van der Waals surface area contributed by atoms with E-state index in [4.69, 9.17) is 0 Å². The van der Waals surface area contributed by atoms with Gasteiger partial charge in [-0.25, -0.2) is 9.97 Å². The van der Waals surface area contributed by atoms with E-state index in [0.29, 0.717) is 28.4 Å². The highest BCUT2D eigenvalue weighted by Gasteiger charge is 2.54. The first-order valence-corrected chi connectivity index (χ1v) is 19.9. The van der Waals surface area contributed by atoms with Crippen LogP contribution < -0.4 is 9.38 Å². The van der Waals surface area contributed by atoms with E-state index in [1.807, 2.05) is 120 Å². The number of hydrogen-bond acceptors (Lipinski definition) is 4. The lowest BCUT2D eigenvalue weighted by molar-refractivity contribution is -0.548. The zero-order valence-corrected chi connectivity index (χ0v) is 33.2. The molecule has 0 radical (unpaired) electrons. The van der Waals surface area contributed by atoms with Crippen LogP contribution in [0.1, 0.15) is 44.6 Å². The minimum atomic E-state index is -4.37. The Morgan fingerprint density at radius 2 is 1.20 bits per heavy atom. The monoisotopic (exact) mass is 771 g/mol. The van der Waals surface area contributed by atoms with E-state index in [0.717, 1.165) is 72.4 Å². The summed E-state index contributed by atoms with van der Waals surface area (Å²) in [6.45, 7) is 4.05. The molecule has 0 saturated carbocycles. The Bertz CT molecular complexity index is 2950. The molecule has 59 heavy (non-hydrogen) atoms. The molecule has 2 aromatic heterocycles. The third kappa shape index (κ3) is 6.02. The number of hydrogen-bond donors (Lipinski definition) is 0. The largest absolute Gasteiger partial charge is 0.737 e. The molecule has 8 heteroatoms. The zero-order valence-electron chi connectivity index (χ0n) is 33.2. The van der Waals surface area contributed by atoms with Crippen molar-refractivity contribution in [3.63, 3.8) is 0 Å². The van der Waals surface area contributed by atoms with Crippen LogP contribution >= 0.6 is 0 Å². The lowest BCUT2D eigenvalue weighted by Crippen LogP contribution is -2.70. The van der Waals surface area contributed by atoms with Gasteiger partial charge in [-0.15, -0.1) is 0 Å². The van der Waals surface area contributed by atoms with Crippen molar-refractivity contribution in [3.8, 4) is 22.3 Å².